The van der Waals surface area contributed by atoms with Gasteiger partial charge in [-0.1, -0.05) is 17.4 Å². The summed E-state index contributed by atoms with van der Waals surface area (Å²) in [5.41, 5.74) is 3.19. The lowest BCUT2D eigenvalue weighted by atomic mass is 10.1. The fraction of sp³-hybridized carbons (Fsp3) is 0.478. The first-order valence-electron chi connectivity index (χ1n) is 11.2. The molecule has 10 heteroatoms. The van der Waals surface area contributed by atoms with Gasteiger partial charge in [0.05, 0.1) is 22.9 Å². The van der Waals surface area contributed by atoms with Crippen LogP contribution in [0.15, 0.2) is 33.9 Å². The Balaban J connectivity index is 1.50. The number of rotatable bonds is 6. The molecule has 7 nitrogen and oxygen atoms in total. The zero-order chi connectivity index (χ0) is 23.2. The van der Waals surface area contributed by atoms with Gasteiger partial charge in [0.15, 0.2) is 5.13 Å². The highest BCUT2D eigenvalue weighted by atomic mass is 32.2. The molecule has 2 fully saturated rings. The van der Waals surface area contributed by atoms with Gasteiger partial charge in [0.2, 0.25) is 5.91 Å². The molecule has 2 aromatic heterocycles. The quantitative estimate of drug-likeness (QED) is 0.498. The molecule has 4 heterocycles. The Hall–Kier alpha value is -1.85. The molecule has 0 spiro atoms. The Kier molecular flexibility index (Phi) is 6.30. The zero-order valence-corrected chi connectivity index (χ0v) is 21.1. The molecule has 176 valence electrons. The van der Waals surface area contributed by atoms with Crippen molar-refractivity contribution in [3.8, 4) is 0 Å². The van der Waals surface area contributed by atoms with Gasteiger partial charge < -0.3 is 4.74 Å². The summed E-state index contributed by atoms with van der Waals surface area (Å²) in [7, 11) is -3.71. The lowest BCUT2D eigenvalue weighted by Crippen LogP contribution is -2.49. The Morgan fingerprint density at radius 1 is 1.24 bits per heavy atom. The summed E-state index contributed by atoms with van der Waals surface area (Å²) in [6.07, 6.45) is 2.96. The number of amides is 1. The SMILES string of the molecule is Cc1cc2nc(N(CC3CCCO3)C(=O)C3CCCN3S(=O)(=O)c3cccs3)sc2cc1C. The van der Waals surface area contributed by atoms with Crippen LogP contribution >= 0.6 is 22.7 Å². The monoisotopic (exact) mass is 505 g/mol. The van der Waals surface area contributed by atoms with Crippen molar-refractivity contribution in [1.29, 1.82) is 0 Å². The van der Waals surface area contributed by atoms with E-state index in [4.69, 9.17) is 9.72 Å². The van der Waals surface area contributed by atoms with Crippen LogP contribution < -0.4 is 4.90 Å². The van der Waals surface area contributed by atoms with E-state index in [1.54, 1.807) is 22.4 Å². The van der Waals surface area contributed by atoms with Crippen LogP contribution in [-0.4, -0.2) is 55.5 Å². The van der Waals surface area contributed by atoms with Gasteiger partial charge in [-0.15, -0.1) is 11.3 Å². The summed E-state index contributed by atoms with van der Waals surface area (Å²) in [4.78, 5) is 20.4. The van der Waals surface area contributed by atoms with Gasteiger partial charge in [-0.05, 0) is 74.2 Å². The highest BCUT2D eigenvalue weighted by molar-refractivity contribution is 7.91. The van der Waals surface area contributed by atoms with E-state index < -0.39 is 16.1 Å². The van der Waals surface area contributed by atoms with E-state index in [-0.39, 0.29) is 16.2 Å². The van der Waals surface area contributed by atoms with Crippen molar-refractivity contribution in [1.82, 2.24) is 9.29 Å². The maximum atomic E-state index is 13.9. The van der Waals surface area contributed by atoms with Crippen LogP contribution in [0.1, 0.15) is 36.8 Å². The Morgan fingerprint density at radius 2 is 2.06 bits per heavy atom. The number of hydrogen-bond donors (Lipinski definition) is 0. The van der Waals surface area contributed by atoms with Crippen LogP contribution in [-0.2, 0) is 19.6 Å². The van der Waals surface area contributed by atoms with Gasteiger partial charge in [-0.25, -0.2) is 13.4 Å². The molecule has 0 N–H and O–H groups in total. The van der Waals surface area contributed by atoms with Crippen molar-refractivity contribution >= 4 is 54.0 Å². The fourth-order valence-electron chi connectivity index (χ4n) is 4.52. The Bertz CT molecular complexity index is 1220. The number of carbonyl (C=O) groups excluding carboxylic acids is 1. The van der Waals surface area contributed by atoms with E-state index in [9.17, 15) is 13.2 Å². The summed E-state index contributed by atoms with van der Waals surface area (Å²) < 4.78 is 35.0. The number of thiophene rings is 1. The number of nitrogens with zero attached hydrogens (tertiary/aromatic N) is 3. The van der Waals surface area contributed by atoms with E-state index in [1.807, 2.05) is 6.07 Å². The molecule has 3 aromatic rings. The van der Waals surface area contributed by atoms with Crippen molar-refractivity contribution < 1.29 is 17.9 Å². The molecule has 2 aliphatic heterocycles. The van der Waals surface area contributed by atoms with E-state index in [1.165, 1.54) is 32.5 Å². The van der Waals surface area contributed by atoms with E-state index >= 15 is 0 Å². The topological polar surface area (TPSA) is 79.8 Å². The summed E-state index contributed by atoms with van der Waals surface area (Å²) >= 11 is 2.66. The lowest BCUT2D eigenvalue weighted by molar-refractivity contribution is -0.122. The molecule has 0 saturated carbocycles. The molecular weight excluding hydrogens is 478 g/mol. The third-order valence-corrected chi connectivity index (χ3v) is 10.8. The third-order valence-electron chi connectivity index (χ3n) is 6.45. The molecule has 2 unspecified atom stereocenters. The average molecular weight is 506 g/mol. The minimum atomic E-state index is -3.71. The van der Waals surface area contributed by atoms with Crippen LogP contribution in [0.4, 0.5) is 5.13 Å². The van der Waals surface area contributed by atoms with Crippen LogP contribution in [0.5, 0.6) is 0 Å². The second-order valence-corrected chi connectivity index (χ2v) is 12.8. The molecule has 1 amide bonds. The Labute approximate surface area is 202 Å². The van der Waals surface area contributed by atoms with Crippen molar-refractivity contribution in [3.63, 3.8) is 0 Å². The minimum absolute atomic E-state index is 0.0619. The molecule has 0 radical (unpaired) electrons. The number of aryl methyl sites for hydroxylation is 2. The zero-order valence-electron chi connectivity index (χ0n) is 18.7. The third kappa shape index (κ3) is 4.35. The van der Waals surface area contributed by atoms with Gasteiger partial charge in [-0.2, -0.15) is 4.31 Å². The summed E-state index contributed by atoms with van der Waals surface area (Å²) in [6, 6.07) is 6.74. The molecule has 5 rings (SSSR count). The van der Waals surface area contributed by atoms with Gasteiger partial charge in [0.1, 0.15) is 10.3 Å². The maximum absolute atomic E-state index is 13.9. The van der Waals surface area contributed by atoms with E-state index in [2.05, 4.69) is 19.9 Å². The summed E-state index contributed by atoms with van der Waals surface area (Å²) in [6.45, 7) is 5.54. The number of sulfonamides is 1. The number of ether oxygens (including phenoxy) is 1. The predicted molar refractivity (Wildman–Crippen MR) is 132 cm³/mol. The molecule has 1 aromatic carbocycles. The van der Waals surface area contributed by atoms with E-state index in [0.717, 1.165) is 28.6 Å². The van der Waals surface area contributed by atoms with Crippen molar-refractivity contribution in [2.75, 3.05) is 24.6 Å². The normalized spacial score (nSPS) is 21.8. The molecule has 33 heavy (non-hydrogen) atoms. The van der Waals surface area contributed by atoms with Crippen molar-refractivity contribution in [2.45, 2.75) is 55.9 Å². The molecule has 2 atom stereocenters. The van der Waals surface area contributed by atoms with Gasteiger partial charge in [0, 0.05) is 13.2 Å². The first kappa shape index (κ1) is 22.9. The van der Waals surface area contributed by atoms with Gasteiger partial charge in [-0.3, -0.25) is 9.69 Å². The largest absolute Gasteiger partial charge is 0.376 e. The second kappa shape index (κ2) is 9.07. The summed E-state index contributed by atoms with van der Waals surface area (Å²) in [5, 5.41) is 2.35. The average Bonchev–Trinajstić information content (AvgIpc) is 3.59. The number of anilines is 1. The lowest BCUT2D eigenvalue weighted by Gasteiger charge is -2.29. The highest BCUT2D eigenvalue weighted by Crippen LogP contribution is 2.35. The van der Waals surface area contributed by atoms with Crippen LogP contribution in [0.3, 0.4) is 0 Å². The molecular formula is C23H27N3O4S3. The van der Waals surface area contributed by atoms with Crippen LogP contribution in [0.2, 0.25) is 0 Å². The molecule has 0 bridgehead atoms. The van der Waals surface area contributed by atoms with Crippen LogP contribution in [0, 0.1) is 13.8 Å². The van der Waals surface area contributed by atoms with Crippen molar-refractivity contribution in [3.05, 3.63) is 40.8 Å². The number of hydrogen-bond acceptors (Lipinski definition) is 7. The van der Waals surface area contributed by atoms with Gasteiger partial charge in [0.25, 0.3) is 10.0 Å². The van der Waals surface area contributed by atoms with E-state index in [0.29, 0.717) is 37.7 Å². The second-order valence-electron chi connectivity index (χ2n) is 8.69. The number of aromatic nitrogens is 1. The van der Waals surface area contributed by atoms with Gasteiger partial charge >= 0.3 is 0 Å². The number of fused-ring (bicyclic) bond motifs is 1. The maximum Gasteiger partial charge on any atom is 0.253 e. The first-order valence-corrected chi connectivity index (χ1v) is 14.3. The number of benzene rings is 1. The molecule has 2 aliphatic rings. The standard InChI is InChI=1S/C23H27N3O4S3/c1-15-12-18-20(13-16(15)2)32-23(24-18)25(14-17-6-4-10-30-17)22(27)19-7-3-9-26(19)33(28,29)21-8-5-11-31-21/h5,8,11-13,17,19H,3-4,6-7,9-10,14H2,1-2H3. The smallest absolute Gasteiger partial charge is 0.253 e. The summed E-state index contributed by atoms with van der Waals surface area (Å²) in [5.74, 6) is -0.212. The first-order chi connectivity index (χ1) is 15.8. The Morgan fingerprint density at radius 3 is 2.79 bits per heavy atom. The predicted octanol–water partition coefficient (Wildman–Crippen LogP) is 4.34. The minimum Gasteiger partial charge on any atom is -0.376 e. The number of carbonyl (C=O) groups is 1. The highest BCUT2D eigenvalue weighted by Gasteiger charge is 2.43. The number of thiazole rings is 1. The molecule has 0 aliphatic carbocycles. The van der Waals surface area contributed by atoms with Crippen LogP contribution in [0.25, 0.3) is 10.2 Å². The molecule has 2 saturated heterocycles. The van der Waals surface area contributed by atoms with Crippen molar-refractivity contribution in [2.24, 2.45) is 0 Å². The fourth-order valence-corrected chi connectivity index (χ4v) is 8.35.